The van der Waals surface area contributed by atoms with Crippen LogP contribution >= 0.6 is 0 Å². The number of aryl methyl sites for hydroxylation is 1. The van der Waals surface area contributed by atoms with Crippen LogP contribution in [0.3, 0.4) is 0 Å². The van der Waals surface area contributed by atoms with Gasteiger partial charge in [-0.25, -0.2) is 9.37 Å². The Bertz CT molecular complexity index is 580. The first-order chi connectivity index (χ1) is 9.06. The Morgan fingerprint density at radius 3 is 2.84 bits per heavy atom. The molecule has 4 nitrogen and oxygen atoms in total. The van der Waals surface area contributed by atoms with Crippen LogP contribution in [0.4, 0.5) is 4.39 Å². The van der Waals surface area contributed by atoms with E-state index >= 15 is 0 Å². The Morgan fingerprint density at radius 2 is 2.21 bits per heavy atom. The quantitative estimate of drug-likeness (QED) is 0.891. The number of ether oxygens (including phenoxy) is 1. The summed E-state index contributed by atoms with van der Waals surface area (Å²) in [5, 5.41) is 0. The maximum Gasteiger partial charge on any atom is 0.128 e. The molecule has 1 aromatic carbocycles. The first-order valence-electron chi connectivity index (χ1n) is 6.17. The van der Waals surface area contributed by atoms with E-state index in [2.05, 4.69) is 9.97 Å². The Morgan fingerprint density at radius 1 is 1.47 bits per heavy atom. The smallest absolute Gasteiger partial charge is 0.128 e. The first-order valence-corrected chi connectivity index (χ1v) is 6.17. The summed E-state index contributed by atoms with van der Waals surface area (Å²) in [7, 11) is 1.56. The summed E-state index contributed by atoms with van der Waals surface area (Å²) >= 11 is 0. The summed E-state index contributed by atoms with van der Waals surface area (Å²) in [5.74, 6) is 1.22. The van der Waals surface area contributed by atoms with Gasteiger partial charge >= 0.3 is 0 Å². The van der Waals surface area contributed by atoms with Gasteiger partial charge in [0.15, 0.2) is 0 Å². The van der Waals surface area contributed by atoms with Gasteiger partial charge in [-0.05, 0) is 25.1 Å². The molecule has 0 saturated carbocycles. The number of hydrogen-bond donors (Lipinski definition) is 2. The van der Waals surface area contributed by atoms with Gasteiger partial charge in [0.25, 0.3) is 0 Å². The normalized spacial score (nSPS) is 12.5. The van der Waals surface area contributed by atoms with Gasteiger partial charge in [0, 0.05) is 23.7 Å². The first kappa shape index (κ1) is 13.5. The molecule has 0 aliphatic heterocycles. The number of H-pyrrole nitrogens is 1. The fraction of sp³-hybridized carbons (Fsp3) is 0.357. The van der Waals surface area contributed by atoms with Gasteiger partial charge in [0.05, 0.1) is 12.8 Å². The Labute approximate surface area is 111 Å². The zero-order valence-corrected chi connectivity index (χ0v) is 11.3. The van der Waals surface area contributed by atoms with Crippen LogP contribution in [0.5, 0.6) is 5.75 Å². The number of rotatable bonds is 4. The monoisotopic (exact) mass is 263 g/mol. The lowest BCUT2D eigenvalue weighted by Crippen LogP contribution is -2.10. The van der Waals surface area contributed by atoms with Crippen molar-refractivity contribution in [1.82, 2.24) is 9.97 Å². The predicted octanol–water partition coefficient (Wildman–Crippen LogP) is 2.60. The van der Waals surface area contributed by atoms with Crippen LogP contribution in [0.15, 0.2) is 18.2 Å². The number of methoxy groups -OCH3 is 1. The average molecular weight is 263 g/mol. The highest BCUT2D eigenvalue weighted by Gasteiger charge is 2.16. The van der Waals surface area contributed by atoms with Crippen molar-refractivity contribution < 1.29 is 9.13 Å². The minimum atomic E-state index is -0.313. The van der Waals surface area contributed by atoms with Gasteiger partial charge in [-0.2, -0.15) is 0 Å². The summed E-state index contributed by atoms with van der Waals surface area (Å²) in [4.78, 5) is 7.71. The van der Waals surface area contributed by atoms with Gasteiger partial charge < -0.3 is 15.5 Å². The molecule has 0 bridgehead atoms. The standard InChI is InChI=1S/C14H18FN3O/c1-8(7-16)14-17-9(2)13(18-14)11-6-10(15)4-5-12(11)19-3/h4-6,8H,7,16H2,1-3H3,(H,17,18). The Kier molecular flexibility index (Phi) is 3.85. The second-order valence-corrected chi connectivity index (χ2v) is 4.58. The van der Waals surface area contributed by atoms with Gasteiger partial charge in [-0.3, -0.25) is 0 Å². The van der Waals surface area contributed by atoms with Crippen molar-refractivity contribution in [2.24, 2.45) is 5.73 Å². The molecule has 0 fully saturated rings. The summed E-state index contributed by atoms with van der Waals surface area (Å²) in [5.41, 5.74) is 7.86. The lowest BCUT2D eigenvalue weighted by atomic mass is 10.1. The molecule has 3 N–H and O–H groups in total. The number of aromatic nitrogens is 2. The van der Waals surface area contributed by atoms with Crippen molar-refractivity contribution in [1.29, 1.82) is 0 Å². The van der Waals surface area contributed by atoms with Crippen molar-refractivity contribution in [3.05, 3.63) is 35.5 Å². The average Bonchev–Trinajstić information content (AvgIpc) is 2.79. The highest BCUT2D eigenvalue weighted by molar-refractivity contribution is 5.69. The molecule has 1 aromatic heterocycles. The molecule has 0 aliphatic carbocycles. The van der Waals surface area contributed by atoms with Crippen molar-refractivity contribution in [3.8, 4) is 17.0 Å². The van der Waals surface area contributed by atoms with E-state index in [-0.39, 0.29) is 11.7 Å². The summed E-state index contributed by atoms with van der Waals surface area (Å²) in [6, 6.07) is 4.40. The third-order valence-electron chi connectivity index (χ3n) is 3.14. The molecule has 2 aromatic rings. The van der Waals surface area contributed by atoms with Crippen molar-refractivity contribution in [3.63, 3.8) is 0 Å². The molecule has 0 aliphatic rings. The second-order valence-electron chi connectivity index (χ2n) is 4.58. The van der Waals surface area contributed by atoms with Crippen molar-refractivity contribution in [2.45, 2.75) is 19.8 Å². The van der Waals surface area contributed by atoms with E-state index in [1.807, 2.05) is 13.8 Å². The van der Waals surface area contributed by atoms with Gasteiger partial charge in [0.1, 0.15) is 17.4 Å². The fourth-order valence-corrected chi connectivity index (χ4v) is 1.96. The number of halogens is 1. The van der Waals surface area contributed by atoms with Crippen LogP contribution in [-0.4, -0.2) is 23.6 Å². The summed E-state index contributed by atoms with van der Waals surface area (Å²) in [6.07, 6.45) is 0. The molecule has 5 heteroatoms. The van der Waals surface area contributed by atoms with Crippen molar-refractivity contribution >= 4 is 0 Å². The minimum absolute atomic E-state index is 0.131. The molecule has 0 saturated heterocycles. The molecule has 2 rings (SSSR count). The maximum atomic E-state index is 13.4. The summed E-state index contributed by atoms with van der Waals surface area (Å²) in [6.45, 7) is 4.40. The molecule has 1 unspecified atom stereocenters. The molecule has 19 heavy (non-hydrogen) atoms. The van der Waals surface area contributed by atoms with Crippen LogP contribution in [0.25, 0.3) is 11.3 Å². The maximum absolute atomic E-state index is 13.4. The fourth-order valence-electron chi connectivity index (χ4n) is 1.96. The van der Waals surface area contributed by atoms with Gasteiger partial charge in [-0.1, -0.05) is 6.92 Å². The lowest BCUT2D eigenvalue weighted by molar-refractivity contribution is 0.415. The number of hydrogen-bond acceptors (Lipinski definition) is 3. The van der Waals surface area contributed by atoms with Crippen LogP contribution in [0.1, 0.15) is 24.4 Å². The zero-order valence-electron chi connectivity index (χ0n) is 11.3. The van der Waals surface area contributed by atoms with Crippen LogP contribution < -0.4 is 10.5 Å². The number of nitrogens with zero attached hydrogens (tertiary/aromatic N) is 1. The number of nitrogens with two attached hydrogens (primary N) is 1. The topological polar surface area (TPSA) is 63.9 Å². The Hall–Kier alpha value is -1.88. The van der Waals surface area contributed by atoms with Crippen LogP contribution in [0.2, 0.25) is 0 Å². The number of aromatic amines is 1. The van der Waals surface area contributed by atoms with E-state index in [9.17, 15) is 4.39 Å². The van der Waals surface area contributed by atoms with E-state index in [1.165, 1.54) is 12.1 Å². The number of benzene rings is 1. The lowest BCUT2D eigenvalue weighted by Gasteiger charge is -2.07. The molecule has 102 valence electrons. The molecule has 0 amide bonds. The van der Waals surface area contributed by atoms with E-state index in [1.54, 1.807) is 13.2 Å². The molecular weight excluding hydrogens is 245 g/mol. The second kappa shape index (κ2) is 5.40. The molecule has 1 atom stereocenters. The van der Waals surface area contributed by atoms with Gasteiger partial charge in [0.2, 0.25) is 0 Å². The number of nitrogens with one attached hydrogen (secondary N) is 1. The van der Waals surface area contributed by atoms with Crippen LogP contribution in [0, 0.1) is 12.7 Å². The third-order valence-corrected chi connectivity index (χ3v) is 3.14. The summed E-state index contributed by atoms with van der Waals surface area (Å²) < 4.78 is 18.7. The molecule has 1 heterocycles. The molecule has 0 spiro atoms. The minimum Gasteiger partial charge on any atom is -0.496 e. The van der Waals surface area contributed by atoms with Crippen molar-refractivity contribution in [2.75, 3.05) is 13.7 Å². The molecular formula is C14H18FN3O. The zero-order chi connectivity index (χ0) is 14.0. The number of imidazole rings is 1. The van der Waals surface area contributed by atoms with E-state index < -0.39 is 0 Å². The van der Waals surface area contributed by atoms with E-state index in [0.717, 1.165) is 11.5 Å². The van der Waals surface area contributed by atoms with E-state index in [0.29, 0.717) is 23.6 Å². The SMILES string of the molecule is COc1ccc(F)cc1-c1nc(C(C)CN)[nH]c1C. The van der Waals surface area contributed by atoms with E-state index in [4.69, 9.17) is 10.5 Å². The predicted molar refractivity (Wildman–Crippen MR) is 72.7 cm³/mol. The largest absolute Gasteiger partial charge is 0.496 e. The highest BCUT2D eigenvalue weighted by Crippen LogP contribution is 2.32. The third kappa shape index (κ3) is 2.61. The van der Waals surface area contributed by atoms with Gasteiger partial charge in [-0.15, -0.1) is 0 Å². The molecule has 0 radical (unpaired) electrons. The Balaban J connectivity index is 2.52. The highest BCUT2D eigenvalue weighted by atomic mass is 19.1. The van der Waals surface area contributed by atoms with Crippen LogP contribution in [-0.2, 0) is 0 Å².